The minimum atomic E-state index is -0.130. The number of hydrogen-bond acceptors (Lipinski definition) is 4. The number of hydrogen-bond donors (Lipinski definition) is 1. The van der Waals surface area contributed by atoms with E-state index in [0.29, 0.717) is 19.5 Å². The summed E-state index contributed by atoms with van der Waals surface area (Å²) in [5.41, 5.74) is 2.11. The summed E-state index contributed by atoms with van der Waals surface area (Å²) in [6.45, 7) is 4.84. The van der Waals surface area contributed by atoms with Crippen LogP contribution in [0.5, 0.6) is 0 Å². The van der Waals surface area contributed by atoms with Gasteiger partial charge in [0.15, 0.2) is 0 Å². The Morgan fingerprint density at radius 1 is 1.04 bits per heavy atom. The molecule has 1 saturated heterocycles. The molecule has 0 unspecified atom stereocenters. The Morgan fingerprint density at radius 3 is 2.42 bits per heavy atom. The minimum Gasteiger partial charge on any atom is -0.353 e. The first-order chi connectivity index (χ1) is 12.6. The Hall–Kier alpha value is -2.89. The molecular weight excluding hydrogens is 328 g/mol. The molecule has 3 rings (SSSR count). The molecule has 0 bridgehead atoms. The highest BCUT2D eigenvalue weighted by atomic mass is 16.2. The molecule has 1 N–H and O–H groups in total. The van der Waals surface area contributed by atoms with E-state index in [1.54, 1.807) is 11.1 Å². The molecule has 136 valence electrons. The lowest BCUT2D eigenvalue weighted by Crippen LogP contribution is -2.51. The number of aryl methyl sites for hydroxylation is 1. The Bertz CT molecular complexity index is 738. The van der Waals surface area contributed by atoms with Crippen LogP contribution in [0.2, 0.25) is 0 Å². The first-order valence-electron chi connectivity index (χ1n) is 8.88. The molecule has 6 nitrogen and oxygen atoms in total. The maximum atomic E-state index is 12.3. The number of pyridine rings is 1. The van der Waals surface area contributed by atoms with Crippen LogP contribution in [0.15, 0.2) is 48.7 Å². The van der Waals surface area contributed by atoms with Gasteiger partial charge in [-0.15, -0.1) is 0 Å². The molecule has 0 atom stereocenters. The molecule has 0 aliphatic carbocycles. The highest BCUT2D eigenvalue weighted by Gasteiger charge is 2.21. The van der Waals surface area contributed by atoms with E-state index in [9.17, 15) is 9.59 Å². The van der Waals surface area contributed by atoms with Gasteiger partial charge in [0, 0.05) is 32.4 Å². The molecule has 2 amide bonds. The second kappa shape index (κ2) is 8.47. The molecule has 2 aromatic rings. The number of piperazine rings is 1. The zero-order valence-electron chi connectivity index (χ0n) is 15.0. The Kier molecular flexibility index (Phi) is 5.84. The molecule has 1 aliphatic heterocycles. The summed E-state index contributed by atoms with van der Waals surface area (Å²) in [6, 6.07) is 13.7. The molecule has 1 aromatic carbocycles. The lowest BCUT2D eigenvalue weighted by atomic mass is 10.1. The summed E-state index contributed by atoms with van der Waals surface area (Å²) < 4.78 is 0. The maximum absolute atomic E-state index is 12.3. The van der Waals surface area contributed by atoms with E-state index >= 15 is 0 Å². The fraction of sp³-hybridized carbons (Fsp3) is 0.350. The van der Waals surface area contributed by atoms with Gasteiger partial charge in [-0.3, -0.25) is 9.59 Å². The Balaban J connectivity index is 1.41. The van der Waals surface area contributed by atoms with Crippen LogP contribution in [0.25, 0.3) is 0 Å². The smallest absolute Gasteiger partial charge is 0.242 e. The topological polar surface area (TPSA) is 65.5 Å². The first kappa shape index (κ1) is 17.9. The van der Waals surface area contributed by atoms with Crippen molar-refractivity contribution in [1.29, 1.82) is 0 Å². The molecule has 1 aromatic heterocycles. The van der Waals surface area contributed by atoms with Crippen LogP contribution in [0.4, 0.5) is 5.82 Å². The summed E-state index contributed by atoms with van der Waals surface area (Å²) in [7, 11) is 0. The van der Waals surface area contributed by atoms with Gasteiger partial charge in [-0.25, -0.2) is 4.98 Å². The minimum absolute atomic E-state index is 0.0390. The number of carbonyl (C=O) groups excluding carboxylic acids is 2. The van der Waals surface area contributed by atoms with Crippen molar-refractivity contribution in [3.8, 4) is 0 Å². The Labute approximate surface area is 153 Å². The van der Waals surface area contributed by atoms with Crippen molar-refractivity contribution in [1.82, 2.24) is 15.2 Å². The molecule has 1 aliphatic rings. The number of nitrogens with zero attached hydrogens (tertiary/aromatic N) is 3. The van der Waals surface area contributed by atoms with Crippen molar-refractivity contribution in [3.05, 3.63) is 59.8 Å². The SMILES string of the molecule is Cc1ccc(CC(=O)NCC(=O)N2CCN(c3ccccn3)CC2)cc1. The van der Waals surface area contributed by atoms with E-state index in [0.717, 1.165) is 30.0 Å². The quantitative estimate of drug-likeness (QED) is 0.883. The highest BCUT2D eigenvalue weighted by molar-refractivity contribution is 5.85. The summed E-state index contributed by atoms with van der Waals surface area (Å²) in [4.78, 5) is 32.6. The number of carbonyl (C=O) groups is 2. The lowest BCUT2D eigenvalue weighted by molar-refractivity contribution is -0.133. The number of rotatable bonds is 5. The molecule has 0 radical (unpaired) electrons. The van der Waals surface area contributed by atoms with Crippen molar-refractivity contribution in [3.63, 3.8) is 0 Å². The summed E-state index contributed by atoms with van der Waals surface area (Å²) in [5.74, 6) is 0.767. The zero-order chi connectivity index (χ0) is 18.4. The number of benzene rings is 1. The fourth-order valence-corrected chi connectivity index (χ4v) is 2.97. The van der Waals surface area contributed by atoms with Gasteiger partial charge in [0.2, 0.25) is 11.8 Å². The molecule has 1 fully saturated rings. The molecule has 0 saturated carbocycles. The highest BCUT2D eigenvalue weighted by Crippen LogP contribution is 2.12. The number of amides is 2. The average Bonchev–Trinajstić information content (AvgIpc) is 2.69. The number of anilines is 1. The normalized spacial score (nSPS) is 14.2. The predicted molar refractivity (Wildman–Crippen MR) is 101 cm³/mol. The predicted octanol–water partition coefficient (Wildman–Crippen LogP) is 1.40. The van der Waals surface area contributed by atoms with Crippen LogP contribution in [0.1, 0.15) is 11.1 Å². The van der Waals surface area contributed by atoms with E-state index in [2.05, 4.69) is 15.2 Å². The molecule has 26 heavy (non-hydrogen) atoms. The third-order valence-corrected chi connectivity index (χ3v) is 4.53. The lowest BCUT2D eigenvalue weighted by Gasteiger charge is -2.35. The third-order valence-electron chi connectivity index (χ3n) is 4.53. The van der Waals surface area contributed by atoms with Crippen molar-refractivity contribution >= 4 is 17.6 Å². The van der Waals surface area contributed by atoms with Gasteiger partial charge in [0.25, 0.3) is 0 Å². The van der Waals surface area contributed by atoms with Crippen LogP contribution < -0.4 is 10.2 Å². The standard InChI is InChI=1S/C20H24N4O2/c1-16-5-7-17(8-6-16)14-19(25)22-15-20(26)24-12-10-23(11-13-24)18-4-2-3-9-21-18/h2-9H,10-15H2,1H3,(H,22,25). The van der Waals surface area contributed by atoms with Gasteiger partial charge >= 0.3 is 0 Å². The number of aromatic nitrogens is 1. The van der Waals surface area contributed by atoms with Crippen molar-refractivity contribution in [2.24, 2.45) is 0 Å². The van der Waals surface area contributed by atoms with Gasteiger partial charge in [0.1, 0.15) is 5.82 Å². The Morgan fingerprint density at radius 2 is 1.77 bits per heavy atom. The summed E-state index contributed by atoms with van der Waals surface area (Å²) in [6.07, 6.45) is 2.07. The fourth-order valence-electron chi connectivity index (χ4n) is 2.97. The maximum Gasteiger partial charge on any atom is 0.242 e. The first-order valence-corrected chi connectivity index (χ1v) is 8.88. The van der Waals surface area contributed by atoms with E-state index < -0.39 is 0 Å². The second-order valence-corrected chi connectivity index (χ2v) is 6.49. The van der Waals surface area contributed by atoms with Crippen LogP contribution in [0, 0.1) is 6.92 Å². The van der Waals surface area contributed by atoms with E-state index in [4.69, 9.17) is 0 Å². The second-order valence-electron chi connectivity index (χ2n) is 6.49. The van der Waals surface area contributed by atoms with Crippen molar-refractivity contribution in [2.75, 3.05) is 37.6 Å². The summed E-state index contributed by atoms with van der Waals surface area (Å²) >= 11 is 0. The third kappa shape index (κ3) is 4.81. The molecular formula is C20H24N4O2. The van der Waals surface area contributed by atoms with Crippen LogP contribution in [0.3, 0.4) is 0 Å². The molecule has 0 spiro atoms. The van der Waals surface area contributed by atoms with Gasteiger partial charge in [0.05, 0.1) is 13.0 Å². The van der Waals surface area contributed by atoms with Gasteiger partial charge in [-0.1, -0.05) is 35.9 Å². The average molecular weight is 352 g/mol. The van der Waals surface area contributed by atoms with Gasteiger partial charge in [-0.05, 0) is 24.6 Å². The van der Waals surface area contributed by atoms with Crippen molar-refractivity contribution in [2.45, 2.75) is 13.3 Å². The number of nitrogens with one attached hydrogen (secondary N) is 1. The molecule has 2 heterocycles. The van der Waals surface area contributed by atoms with E-state index in [1.165, 1.54) is 0 Å². The van der Waals surface area contributed by atoms with Crippen LogP contribution in [-0.2, 0) is 16.0 Å². The largest absolute Gasteiger partial charge is 0.353 e. The van der Waals surface area contributed by atoms with E-state index in [1.807, 2.05) is 49.4 Å². The van der Waals surface area contributed by atoms with Gasteiger partial charge < -0.3 is 15.1 Å². The zero-order valence-corrected chi connectivity index (χ0v) is 15.0. The van der Waals surface area contributed by atoms with Crippen molar-refractivity contribution < 1.29 is 9.59 Å². The van der Waals surface area contributed by atoms with E-state index in [-0.39, 0.29) is 18.4 Å². The summed E-state index contributed by atoms with van der Waals surface area (Å²) in [5, 5.41) is 2.73. The van der Waals surface area contributed by atoms with Gasteiger partial charge in [-0.2, -0.15) is 0 Å². The molecule has 6 heteroatoms. The monoisotopic (exact) mass is 352 g/mol. The van der Waals surface area contributed by atoms with Crippen LogP contribution in [-0.4, -0.2) is 54.4 Å². The van der Waals surface area contributed by atoms with Crippen LogP contribution >= 0.6 is 0 Å².